The summed E-state index contributed by atoms with van der Waals surface area (Å²) in [6, 6.07) is 8.00. The molecule has 10 nitrogen and oxygen atoms in total. The van der Waals surface area contributed by atoms with Crippen molar-refractivity contribution in [2.24, 2.45) is 5.73 Å². The molecule has 0 aliphatic carbocycles. The minimum Gasteiger partial charge on any atom is -0.395 e. The number of aromatic nitrogens is 2. The number of nitrogens with zero attached hydrogens (tertiary/aromatic N) is 5. The Balaban J connectivity index is 1.54. The van der Waals surface area contributed by atoms with Crippen LogP contribution in [0.4, 0.5) is 23.1 Å². The molecule has 2 aliphatic rings. The number of nitrogens with two attached hydrogens (primary N) is 1. The van der Waals surface area contributed by atoms with Crippen molar-refractivity contribution in [2.75, 3.05) is 67.5 Å². The molecule has 0 spiro atoms. The van der Waals surface area contributed by atoms with E-state index >= 15 is 0 Å². The monoisotopic (exact) mass is 466 g/mol. The first kappa shape index (κ1) is 23.9. The zero-order valence-electron chi connectivity index (χ0n) is 19.5. The standard InChI is InChI=1S/C24H34N8O2/c25-17-20-21(22(26)34)23(29-24(28-20)32-9-3-1-2-4-10-32)27-18-5-7-19(8-6-18)31-13-11-30(12-14-31)15-16-33/h5-8,17,25,33H,1-4,9-16H2,(H2,26,34)(H,27,28,29). The van der Waals surface area contributed by atoms with E-state index in [1.54, 1.807) is 0 Å². The van der Waals surface area contributed by atoms with Crippen LogP contribution in [0.1, 0.15) is 41.7 Å². The number of nitrogens with one attached hydrogen (secondary N) is 2. The summed E-state index contributed by atoms with van der Waals surface area (Å²) >= 11 is 0. The number of primary amides is 1. The first-order valence-electron chi connectivity index (χ1n) is 12.0. The molecule has 5 N–H and O–H groups in total. The minimum absolute atomic E-state index is 0.123. The van der Waals surface area contributed by atoms with Gasteiger partial charge in [-0.05, 0) is 37.1 Å². The molecule has 2 fully saturated rings. The van der Waals surface area contributed by atoms with Gasteiger partial charge in [0.25, 0.3) is 5.91 Å². The minimum atomic E-state index is -0.666. The highest BCUT2D eigenvalue weighted by Gasteiger charge is 2.22. The summed E-state index contributed by atoms with van der Waals surface area (Å²) in [5, 5.41) is 20.2. The van der Waals surface area contributed by atoms with Gasteiger partial charge in [0, 0.05) is 63.4 Å². The second-order valence-electron chi connectivity index (χ2n) is 8.77. The first-order valence-corrected chi connectivity index (χ1v) is 12.0. The fourth-order valence-electron chi connectivity index (χ4n) is 4.58. The number of carbonyl (C=O) groups excluding carboxylic acids is 1. The summed E-state index contributed by atoms with van der Waals surface area (Å²) in [5.41, 5.74) is 7.90. The molecule has 1 amide bonds. The Morgan fingerprint density at radius 2 is 1.68 bits per heavy atom. The van der Waals surface area contributed by atoms with E-state index in [-0.39, 0.29) is 17.9 Å². The number of aliphatic hydroxyl groups excluding tert-OH is 1. The van der Waals surface area contributed by atoms with Crippen LogP contribution < -0.4 is 20.9 Å². The van der Waals surface area contributed by atoms with E-state index in [2.05, 4.69) is 30.0 Å². The number of β-amino-alcohol motifs (C(OH)–C–C–N with tert-alkyl or cyclic N) is 1. The third-order valence-electron chi connectivity index (χ3n) is 6.48. The molecule has 182 valence electrons. The van der Waals surface area contributed by atoms with Crippen molar-refractivity contribution in [1.29, 1.82) is 5.41 Å². The molecule has 0 unspecified atom stereocenters. The second kappa shape index (κ2) is 11.3. The topological polar surface area (TPSA) is 135 Å². The Morgan fingerprint density at radius 1 is 1.00 bits per heavy atom. The lowest BCUT2D eigenvalue weighted by atomic mass is 10.2. The lowest BCUT2D eigenvalue weighted by Crippen LogP contribution is -2.47. The van der Waals surface area contributed by atoms with Crippen LogP contribution in [0.25, 0.3) is 0 Å². The van der Waals surface area contributed by atoms with E-state index in [9.17, 15) is 4.79 Å². The van der Waals surface area contributed by atoms with Crippen LogP contribution >= 0.6 is 0 Å². The van der Waals surface area contributed by atoms with Crippen molar-refractivity contribution in [2.45, 2.75) is 25.7 Å². The van der Waals surface area contributed by atoms with Gasteiger partial charge >= 0.3 is 0 Å². The molecule has 0 saturated carbocycles. The summed E-state index contributed by atoms with van der Waals surface area (Å²) in [6.45, 7) is 6.29. The lowest BCUT2D eigenvalue weighted by molar-refractivity contribution is 0.100. The van der Waals surface area contributed by atoms with Gasteiger partial charge in [-0.15, -0.1) is 0 Å². The Morgan fingerprint density at radius 3 is 2.26 bits per heavy atom. The van der Waals surface area contributed by atoms with Crippen molar-refractivity contribution in [3.8, 4) is 0 Å². The van der Waals surface area contributed by atoms with Crippen molar-refractivity contribution < 1.29 is 9.90 Å². The molecule has 10 heteroatoms. The number of hydrogen-bond donors (Lipinski definition) is 4. The molecule has 1 aromatic heterocycles. The highest BCUT2D eigenvalue weighted by atomic mass is 16.3. The van der Waals surface area contributed by atoms with Crippen LogP contribution in [-0.4, -0.2) is 84.5 Å². The van der Waals surface area contributed by atoms with E-state index in [1.165, 1.54) is 12.8 Å². The van der Waals surface area contributed by atoms with E-state index in [0.29, 0.717) is 11.8 Å². The summed E-state index contributed by atoms with van der Waals surface area (Å²) in [6.07, 6.45) is 5.56. The van der Waals surface area contributed by atoms with Gasteiger partial charge in [0.05, 0.1) is 6.61 Å². The van der Waals surface area contributed by atoms with E-state index in [1.807, 2.05) is 24.3 Å². The number of aliphatic hydroxyl groups is 1. The summed E-state index contributed by atoms with van der Waals surface area (Å²) in [4.78, 5) is 28.1. The number of carbonyl (C=O) groups is 1. The Hall–Kier alpha value is -3.24. The largest absolute Gasteiger partial charge is 0.395 e. The third-order valence-corrected chi connectivity index (χ3v) is 6.48. The van der Waals surface area contributed by atoms with Crippen LogP contribution in [0, 0.1) is 5.41 Å². The molecule has 2 aromatic rings. The first-order chi connectivity index (χ1) is 16.6. The Bertz CT molecular complexity index is 981. The highest BCUT2D eigenvalue weighted by molar-refractivity contribution is 6.04. The molecular formula is C24H34N8O2. The van der Waals surface area contributed by atoms with Crippen molar-refractivity contribution >= 4 is 35.3 Å². The molecule has 34 heavy (non-hydrogen) atoms. The predicted molar refractivity (Wildman–Crippen MR) is 135 cm³/mol. The van der Waals surface area contributed by atoms with Gasteiger partial charge < -0.3 is 31.4 Å². The van der Waals surface area contributed by atoms with Gasteiger partial charge in [-0.2, -0.15) is 4.98 Å². The molecule has 0 atom stereocenters. The molecular weight excluding hydrogens is 432 g/mol. The van der Waals surface area contributed by atoms with Gasteiger partial charge in [-0.1, -0.05) is 12.8 Å². The average molecular weight is 467 g/mol. The zero-order valence-corrected chi connectivity index (χ0v) is 19.5. The summed E-state index contributed by atoms with van der Waals surface area (Å²) in [7, 11) is 0. The highest BCUT2D eigenvalue weighted by Crippen LogP contribution is 2.26. The predicted octanol–water partition coefficient (Wildman–Crippen LogP) is 1.81. The zero-order chi connectivity index (χ0) is 23.9. The smallest absolute Gasteiger partial charge is 0.254 e. The molecule has 2 saturated heterocycles. The second-order valence-corrected chi connectivity index (χ2v) is 8.77. The number of amides is 1. The third kappa shape index (κ3) is 5.63. The van der Waals surface area contributed by atoms with Gasteiger partial charge in [-0.25, -0.2) is 4.98 Å². The maximum Gasteiger partial charge on any atom is 0.254 e. The van der Waals surface area contributed by atoms with Gasteiger partial charge in [0.1, 0.15) is 17.1 Å². The number of benzene rings is 1. The van der Waals surface area contributed by atoms with Crippen LogP contribution in [0.15, 0.2) is 24.3 Å². The number of piperazine rings is 1. The summed E-state index contributed by atoms with van der Waals surface area (Å²) < 4.78 is 0. The fraction of sp³-hybridized carbons (Fsp3) is 0.500. The molecule has 4 rings (SSSR count). The van der Waals surface area contributed by atoms with E-state index < -0.39 is 5.91 Å². The Kier molecular flexibility index (Phi) is 7.91. The SMILES string of the molecule is N=Cc1nc(N2CCCCCC2)nc(Nc2ccc(N3CCN(CCO)CC3)cc2)c1C(N)=O. The van der Waals surface area contributed by atoms with Crippen molar-refractivity contribution in [3.63, 3.8) is 0 Å². The van der Waals surface area contributed by atoms with Crippen LogP contribution in [0.2, 0.25) is 0 Å². The average Bonchev–Trinajstić information content (AvgIpc) is 3.14. The van der Waals surface area contributed by atoms with Gasteiger partial charge in [0.2, 0.25) is 5.95 Å². The maximum atomic E-state index is 12.2. The number of hydrogen-bond acceptors (Lipinski definition) is 9. The molecule has 1 aromatic carbocycles. The fourth-order valence-corrected chi connectivity index (χ4v) is 4.58. The quantitative estimate of drug-likeness (QED) is 0.433. The molecule has 2 aliphatic heterocycles. The molecule has 0 bridgehead atoms. The van der Waals surface area contributed by atoms with E-state index in [4.69, 9.17) is 16.2 Å². The normalized spacial score (nSPS) is 17.3. The Labute approximate surface area is 200 Å². The molecule has 3 heterocycles. The van der Waals surface area contributed by atoms with Crippen molar-refractivity contribution in [3.05, 3.63) is 35.5 Å². The lowest BCUT2D eigenvalue weighted by Gasteiger charge is -2.35. The summed E-state index contributed by atoms with van der Waals surface area (Å²) in [5.74, 6) is 0.177. The van der Waals surface area contributed by atoms with Crippen molar-refractivity contribution in [1.82, 2.24) is 14.9 Å². The van der Waals surface area contributed by atoms with Gasteiger partial charge in [-0.3, -0.25) is 9.69 Å². The van der Waals surface area contributed by atoms with Gasteiger partial charge in [0.15, 0.2) is 0 Å². The number of rotatable bonds is 8. The maximum absolute atomic E-state index is 12.2. The molecule has 0 radical (unpaired) electrons. The van der Waals surface area contributed by atoms with Crippen LogP contribution in [0.3, 0.4) is 0 Å². The van der Waals surface area contributed by atoms with Crippen LogP contribution in [0.5, 0.6) is 0 Å². The number of anilines is 4. The van der Waals surface area contributed by atoms with Crippen LogP contribution in [-0.2, 0) is 0 Å². The van der Waals surface area contributed by atoms with E-state index in [0.717, 1.165) is 76.2 Å².